The van der Waals surface area contributed by atoms with Gasteiger partial charge in [0, 0.05) is 24.0 Å². The van der Waals surface area contributed by atoms with Crippen LogP contribution in [0.5, 0.6) is 0 Å². The second-order valence-electron chi connectivity index (χ2n) is 3.97. The number of hydrogen-bond acceptors (Lipinski definition) is 3. The molecular weight excluding hydrogens is 355 g/mol. The van der Waals surface area contributed by atoms with E-state index in [0.717, 1.165) is 17.9 Å². The summed E-state index contributed by atoms with van der Waals surface area (Å²) in [4.78, 5) is 12.6. The summed E-state index contributed by atoms with van der Waals surface area (Å²) in [5.74, 6) is 0. The third-order valence-electron chi connectivity index (χ3n) is 2.82. The lowest BCUT2D eigenvalue weighted by Gasteiger charge is -2.23. The average Bonchev–Trinajstić information content (AvgIpc) is 2.40. The number of anilines is 2. The molecule has 0 aromatic heterocycles. The summed E-state index contributed by atoms with van der Waals surface area (Å²) in [7, 11) is 0. The first-order valence-corrected chi connectivity index (χ1v) is 6.98. The Balaban J connectivity index is 2.40. The number of nitro benzene ring substituents is 1. The van der Waals surface area contributed by atoms with E-state index in [4.69, 9.17) is 0 Å². The predicted molar refractivity (Wildman–Crippen MR) is 84.9 cm³/mol. The fourth-order valence-corrected chi connectivity index (χ4v) is 2.63. The number of para-hydroxylation sites is 1. The zero-order chi connectivity index (χ0) is 13.8. The normalized spacial score (nSPS) is 10.2. The van der Waals surface area contributed by atoms with Crippen molar-refractivity contribution < 1.29 is 4.92 Å². The number of benzene rings is 2. The summed E-state index contributed by atoms with van der Waals surface area (Å²) in [6.07, 6.45) is 0. The molecule has 0 saturated carbocycles. The third kappa shape index (κ3) is 3.04. The number of nitro groups is 1. The highest BCUT2D eigenvalue weighted by Gasteiger charge is 2.14. The van der Waals surface area contributed by atoms with E-state index < -0.39 is 0 Å². The van der Waals surface area contributed by atoms with E-state index in [1.54, 1.807) is 12.1 Å². The first-order chi connectivity index (χ1) is 9.13. The van der Waals surface area contributed by atoms with E-state index in [2.05, 4.69) is 11.8 Å². The van der Waals surface area contributed by atoms with Gasteiger partial charge in [0.05, 0.1) is 8.49 Å². The minimum atomic E-state index is -0.357. The van der Waals surface area contributed by atoms with Gasteiger partial charge in [-0.15, -0.1) is 0 Å². The Kier molecular flexibility index (Phi) is 4.36. The van der Waals surface area contributed by atoms with Crippen LogP contribution in [0.3, 0.4) is 0 Å². The second kappa shape index (κ2) is 6.01. The summed E-state index contributed by atoms with van der Waals surface area (Å²) in [6.45, 7) is 2.86. The Bertz CT molecular complexity index is 587. The van der Waals surface area contributed by atoms with Crippen LogP contribution in [-0.2, 0) is 0 Å². The van der Waals surface area contributed by atoms with Crippen molar-refractivity contribution in [3.8, 4) is 0 Å². The van der Waals surface area contributed by atoms with Crippen molar-refractivity contribution >= 4 is 39.7 Å². The summed E-state index contributed by atoms with van der Waals surface area (Å²) in [5, 5.41) is 10.8. The van der Waals surface area contributed by atoms with Gasteiger partial charge in [0.25, 0.3) is 5.69 Å². The zero-order valence-corrected chi connectivity index (χ0v) is 12.6. The molecule has 0 saturated heterocycles. The van der Waals surface area contributed by atoms with Gasteiger partial charge >= 0.3 is 0 Å². The first-order valence-electron chi connectivity index (χ1n) is 5.90. The minimum absolute atomic E-state index is 0.147. The number of halogens is 1. The lowest BCUT2D eigenvalue weighted by molar-refractivity contribution is -0.385. The summed E-state index contributed by atoms with van der Waals surface area (Å²) in [6, 6.07) is 15.2. The minimum Gasteiger partial charge on any atom is -0.342 e. The van der Waals surface area contributed by atoms with E-state index in [-0.39, 0.29) is 10.6 Å². The van der Waals surface area contributed by atoms with Gasteiger partial charge in [-0.25, -0.2) is 0 Å². The van der Waals surface area contributed by atoms with Crippen molar-refractivity contribution in [2.45, 2.75) is 6.92 Å². The molecule has 2 rings (SSSR count). The number of rotatable bonds is 4. The predicted octanol–water partition coefficient (Wildman–Crippen LogP) is 4.36. The van der Waals surface area contributed by atoms with Crippen molar-refractivity contribution in [1.29, 1.82) is 0 Å². The van der Waals surface area contributed by atoms with Gasteiger partial charge in [0.2, 0.25) is 0 Å². The summed E-state index contributed by atoms with van der Waals surface area (Å²) in [5.41, 5.74) is 2.19. The Morgan fingerprint density at radius 2 is 1.84 bits per heavy atom. The SMILES string of the molecule is CCN(c1ccccc1)c1ccc([N+](=O)[O-])c(I)c1. The lowest BCUT2D eigenvalue weighted by atomic mass is 10.2. The summed E-state index contributed by atoms with van der Waals surface area (Å²) >= 11 is 2.00. The van der Waals surface area contributed by atoms with Crippen LogP contribution in [0.1, 0.15) is 6.92 Å². The Morgan fingerprint density at radius 1 is 1.16 bits per heavy atom. The molecule has 4 nitrogen and oxygen atoms in total. The zero-order valence-electron chi connectivity index (χ0n) is 10.4. The maximum atomic E-state index is 10.8. The van der Waals surface area contributed by atoms with Crippen molar-refractivity contribution in [1.82, 2.24) is 0 Å². The molecule has 2 aromatic rings. The van der Waals surface area contributed by atoms with E-state index in [1.165, 1.54) is 0 Å². The van der Waals surface area contributed by atoms with Crippen molar-refractivity contribution in [2.24, 2.45) is 0 Å². The fraction of sp³-hybridized carbons (Fsp3) is 0.143. The van der Waals surface area contributed by atoms with Crippen LogP contribution >= 0.6 is 22.6 Å². The van der Waals surface area contributed by atoms with E-state index >= 15 is 0 Å². The maximum absolute atomic E-state index is 10.8. The average molecular weight is 368 g/mol. The molecule has 0 radical (unpaired) electrons. The molecule has 0 heterocycles. The van der Waals surface area contributed by atoms with Crippen LogP contribution in [0.2, 0.25) is 0 Å². The van der Waals surface area contributed by atoms with Crippen LogP contribution in [0.15, 0.2) is 48.5 Å². The molecule has 0 unspecified atom stereocenters. The Labute approximate surface area is 125 Å². The smallest absolute Gasteiger partial charge is 0.282 e. The highest BCUT2D eigenvalue weighted by Crippen LogP contribution is 2.30. The standard InChI is InChI=1S/C14H13IN2O2/c1-2-16(11-6-4-3-5-7-11)12-8-9-14(17(18)19)13(15)10-12/h3-10H,2H2,1H3. The van der Waals surface area contributed by atoms with Crippen LogP contribution in [0.25, 0.3) is 0 Å². The van der Waals surface area contributed by atoms with Gasteiger partial charge in [-0.1, -0.05) is 18.2 Å². The van der Waals surface area contributed by atoms with Gasteiger partial charge in [0.1, 0.15) is 0 Å². The fourth-order valence-electron chi connectivity index (χ4n) is 1.93. The van der Waals surface area contributed by atoms with Gasteiger partial charge in [0.15, 0.2) is 0 Å². The molecule has 0 spiro atoms. The number of hydrogen-bond donors (Lipinski definition) is 0. The molecule has 98 valence electrons. The maximum Gasteiger partial charge on any atom is 0.282 e. The first kappa shape index (κ1) is 13.8. The van der Waals surface area contributed by atoms with Gasteiger partial charge in [-0.3, -0.25) is 10.1 Å². The van der Waals surface area contributed by atoms with Crippen LogP contribution < -0.4 is 4.90 Å². The number of nitrogens with zero attached hydrogens (tertiary/aromatic N) is 2. The quantitative estimate of drug-likeness (QED) is 0.458. The highest BCUT2D eigenvalue weighted by molar-refractivity contribution is 14.1. The van der Waals surface area contributed by atoms with Crippen molar-refractivity contribution in [3.63, 3.8) is 0 Å². The largest absolute Gasteiger partial charge is 0.342 e. The van der Waals surface area contributed by atoms with Crippen molar-refractivity contribution in [2.75, 3.05) is 11.4 Å². The van der Waals surface area contributed by atoms with E-state index in [9.17, 15) is 10.1 Å². The van der Waals surface area contributed by atoms with Crippen molar-refractivity contribution in [3.05, 3.63) is 62.2 Å². The Morgan fingerprint density at radius 3 is 2.37 bits per heavy atom. The highest BCUT2D eigenvalue weighted by atomic mass is 127. The molecule has 0 aliphatic heterocycles. The van der Waals surface area contributed by atoms with Gasteiger partial charge in [-0.2, -0.15) is 0 Å². The lowest BCUT2D eigenvalue weighted by Crippen LogP contribution is -2.16. The molecule has 5 heteroatoms. The molecule has 0 amide bonds. The molecule has 0 atom stereocenters. The van der Waals surface area contributed by atoms with Gasteiger partial charge in [-0.05, 0) is 53.8 Å². The molecule has 19 heavy (non-hydrogen) atoms. The molecule has 0 bridgehead atoms. The molecule has 0 N–H and O–H groups in total. The third-order valence-corrected chi connectivity index (χ3v) is 3.69. The van der Waals surface area contributed by atoms with E-state index in [0.29, 0.717) is 3.57 Å². The molecule has 0 fully saturated rings. The monoisotopic (exact) mass is 368 g/mol. The summed E-state index contributed by atoms with van der Waals surface area (Å²) < 4.78 is 0.648. The van der Waals surface area contributed by atoms with Crippen LogP contribution in [-0.4, -0.2) is 11.5 Å². The van der Waals surface area contributed by atoms with Crippen LogP contribution in [0.4, 0.5) is 17.1 Å². The Hall–Kier alpha value is -1.63. The molecule has 2 aromatic carbocycles. The van der Waals surface area contributed by atoms with Gasteiger partial charge < -0.3 is 4.90 Å². The molecular formula is C14H13IN2O2. The van der Waals surface area contributed by atoms with Crippen LogP contribution in [0, 0.1) is 13.7 Å². The molecule has 0 aliphatic rings. The molecule has 0 aliphatic carbocycles. The topological polar surface area (TPSA) is 46.4 Å². The van der Waals surface area contributed by atoms with E-state index in [1.807, 2.05) is 59.0 Å². The second-order valence-corrected chi connectivity index (χ2v) is 5.13.